The average Bonchev–Trinajstić information content (AvgIpc) is 3.04. The number of fused-ring (bicyclic) bond motifs is 3. The van der Waals surface area contributed by atoms with Crippen LogP contribution in [0.3, 0.4) is 0 Å². The third kappa shape index (κ3) is 1.97. The van der Waals surface area contributed by atoms with Gasteiger partial charge < -0.3 is 18.9 Å². The van der Waals surface area contributed by atoms with Crippen molar-refractivity contribution in [1.82, 2.24) is 0 Å². The SMILES string of the molecule is COc1cc(OC)c2c(c1)C(=O)c1cc3c(c(OC)c1C2=O)COC3=O. The molecule has 7 nitrogen and oxygen atoms in total. The summed E-state index contributed by atoms with van der Waals surface area (Å²) in [6.45, 7) is -0.00129. The number of hydrogen-bond donors (Lipinski definition) is 0. The zero-order valence-electron chi connectivity index (χ0n) is 14.3. The Balaban J connectivity index is 2.06. The first kappa shape index (κ1) is 16.1. The monoisotopic (exact) mass is 354 g/mol. The fourth-order valence-corrected chi connectivity index (χ4v) is 3.42. The van der Waals surface area contributed by atoms with E-state index in [1.165, 1.54) is 33.5 Å². The Morgan fingerprint density at radius 2 is 1.54 bits per heavy atom. The van der Waals surface area contributed by atoms with Crippen molar-refractivity contribution in [1.29, 1.82) is 0 Å². The van der Waals surface area contributed by atoms with E-state index in [1.54, 1.807) is 6.07 Å². The molecule has 0 N–H and O–H groups in total. The lowest BCUT2D eigenvalue weighted by Gasteiger charge is -2.23. The molecule has 1 aliphatic heterocycles. The van der Waals surface area contributed by atoms with E-state index in [0.717, 1.165) is 0 Å². The zero-order valence-corrected chi connectivity index (χ0v) is 14.3. The van der Waals surface area contributed by atoms with Gasteiger partial charge in [-0.2, -0.15) is 0 Å². The maximum absolute atomic E-state index is 13.2. The van der Waals surface area contributed by atoms with Gasteiger partial charge in [0.15, 0.2) is 5.78 Å². The minimum Gasteiger partial charge on any atom is -0.497 e. The molecule has 26 heavy (non-hydrogen) atoms. The van der Waals surface area contributed by atoms with Gasteiger partial charge in [0.05, 0.1) is 38.0 Å². The first-order valence-electron chi connectivity index (χ1n) is 7.78. The van der Waals surface area contributed by atoms with Crippen molar-refractivity contribution in [3.63, 3.8) is 0 Å². The molecule has 1 aliphatic carbocycles. The molecule has 1 heterocycles. The summed E-state index contributed by atoms with van der Waals surface area (Å²) in [4.78, 5) is 38.2. The summed E-state index contributed by atoms with van der Waals surface area (Å²) >= 11 is 0. The highest BCUT2D eigenvalue weighted by Gasteiger charge is 2.39. The van der Waals surface area contributed by atoms with E-state index in [-0.39, 0.29) is 45.9 Å². The molecule has 7 heteroatoms. The molecule has 2 aromatic carbocycles. The van der Waals surface area contributed by atoms with Crippen molar-refractivity contribution in [2.45, 2.75) is 6.61 Å². The molecule has 2 aliphatic rings. The van der Waals surface area contributed by atoms with Crippen molar-refractivity contribution in [3.05, 3.63) is 51.6 Å². The summed E-state index contributed by atoms with van der Waals surface area (Å²) in [7, 11) is 4.25. The Labute approximate surface area is 148 Å². The summed E-state index contributed by atoms with van der Waals surface area (Å²) in [5.41, 5.74) is 1.23. The highest BCUT2D eigenvalue weighted by molar-refractivity contribution is 6.31. The minimum absolute atomic E-state index is 0.00129. The molecule has 0 bridgehead atoms. The lowest BCUT2D eigenvalue weighted by molar-refractivity contribution is 0.0534. The predicted octanol–water partition coefficient (Wildman–Crippen LogP) is 2.16. The molecule has 0 saturated heterocycles. The van der Waals surface area contributed by atoms with Crippen molar-refractivity contribution in [3.8, 4) is 17.2 Å². The lowest BCUT2D eigenvalue weighted by atomic mass is 9.81. The molecule has 0 spiro atoms. The molecule has 0 fully saturated rings. The van der Waals surface area contributed by atoms with Crippen molar-refractivity contribution in [2.24, 2.45) is 0 Å². The topological polar surface area (TPSA) is 88.1 Å². The fraction of sp³-hybridized carbons (Fsp3) is 0.211. The van der Waals surface area contributed by atoms with E-state index in [2.05, 4.69) is 0 Å². The van der Waals surface area contributed by atoms with Gasteiger partial charge >= 0.3 is 5.97 Å². The minimum atomic E-state index is -0.546. The highest BCUT2D eigenvalue weighted by atomic mass is 16.5. The summed E-state index contributed by atoms with van der Waals surface area (Å²) in [6, 6.07) is 4.43. The van der Waals surface area contributed by atoms with Gasteiger partial charge in [0.25, 0.3) is 0 Å². The quantitative estimate of drug-likeness (QED) is 0.666. The highest BCUT2D eigenvalue weighted by Crippen LogP contribution is 2.43. The van der Waals surface area contributed by atoms with Crippen LogP contribution < -0.4 is 14.2 Å². The third-order valence-electron chi connectivity index (χ3n) is 4.63. The molecule has 0 unspecified atom stereocenters. The number of ketones is 2. The van der Waals surface area contributed by atoms with Crippen LogP contribution >= 0.6 is 0 Å². The number of rotatable bonds is 3. The van der Waals surface area contributed by atoms with Crippen LogP contribution in [0.4, 0.5) is 0 Å². The van der Waals surface area contributed by atoms with Gasteiger partial charge in [0, 0.05) is 22.8 Å². The van der Waals surface area contributed by atoms with Crippen LogP contribution in [0, 0.1) is 0 Å². The standard InChI is InChI=1S/C19H14O7/c1-23-8-4-10-14(13(5-8)24-2)17(21)15-11(16(10)20)6-9-12(18(15)25-3)7-26-19(9)22/h4-6H,7H2,1-3H3. The van der Waals surface area contributed by atoms with Crippen molar-refractivity contribution in [2.75, 3.05) is 21.3 Å². The molecule has 0 atom stereocenters. The molecular weight excluding hydrogens is 340 g/mol. The van der Waals surface area contributed by atoms with Crippen LogP contribution in [-0.2, 0) is 11.3 Å². The van der Waals surface area contributed by atoms with Crippen LogP contribution in [0.5, 0.6) is 17.2 Å². The fourth-order valence-electron chi connectivity index (χ4n) is 3.42. The van der Waals surface area contributed by atoms with Gasteiger partial charge in [-0.1, -0.05) is 0 Å². The van der Waals surface area contributed by atoms with E-state index in [0.29, 0.717) is 11.3 Å². The maximum atomic E-state index is 13.2. The Morgan fingerprint density at radius 1 is 0.808 bits per heavy atom. The Hall–Kier alpha value is -3.35. The van der Waals surface area contributed by atoms with Crippen LogP contribution in [0.25, 0.3) is 0 Å². The second-order valence-corrected chi connectivity index (χ2v) is 5.85. The second-order valence-electron chi connectivity index (χ2n) is 5.85. The van der Waals surface area contributed by atoms with Gasteiger partial charge in [-0.25, -0.2) is 4.79 Å². The molecule has 2 aromatic rings. The van der Waals surface area contributed by atoms with Gasteiger partial charge in [-0.3, -0.25) is 9.59 Å². The van der Waals surface area contributed by atoms with Crippen molar-refractivity contribution < 1.29 is 33.3 Å². The van der Waals surface area contributed by atoms with E-state index in [4.69, 9.17) is 18.9 Å². The van der Waals surface area contributed by atoms with Crippen LogP contribution in [0.2, 0.25) is 0 Å². The van der Waals surface area contributed by atoms with Gasteiger partial charge in [-0.05, 0) is 12.1 Å². The van der Waals surface area contributed by atoms with E-state index >= 15 is 0 Å². The van der Waals surface area contributed by atoms with E-state index in [9.17, 15) is 14.4 Å². The predicted molar refractivity (Wildman–Crippen MR) is 88.5 cm³/mol. The smallest absolute Gasteiger partial charge is 0.339 e. The van der Waals surface area contributed by atoms with Gasteiger partial charge in [0.2, 0.25) is 5.78 Å². The molecular formula is C19H14O7. The zero-order chi connectivity index (χ0) is 18.6. The number of carbonyl (C=O) groups is 3. The molecule has 0 radical (unpaired) electrons. The number of hydrogen-bond acceptors (Lipinski definition) is 7. The van der Waals surface area contributed by atoms with E-state index < -0.39 is 17.5 Å². The Kier molecular flexibility index (Phi) is 3.47. The molecule has 0 saturated carbocycles. The third-order valence-corrected chi connectivity index (χ3v) is 4.63. The van der Waals surface area contributed by atoms with Crippen LogP contribution in [0.15, 0.2) is 18.2 Å². The molecule has 0 aromatic heterocycles. The second kappa shape index (κ2) is 5.59. The maximum Gasteiger partial charge on any atom is 0.339 e. The average molecular weight is 354 g/mol. The molecule has 0 amide bonds. The number of ether oxygens (including phenoxy) is 4. The number of methoxy groups -OCH3 is 3. The van der Waals surface area contributed by atoms with Crippen LogP contribution in [-0.4, -0.2) is 38.9 Å². The Morgan fingerprint density at radius 3 is 2.19 bits per heavy atom. The number of benzene rings is 2. The lowest BCUT2D eigenvalue weighted by Crippen LogP contribution is -2.24. The van der Waals surface area contributed by atoms with Gasteiger partial charge in [0.1, 0.15) is 23.9 Å². The first-order chi connectivity index (χ1) is 12.5. The number of carbonyl (C=O) groups excluding carboxylic acids is 3. The van der Waals surface area contributed by atoms with Crippen LogP contribution in [0.1, 0.15) is 47.8 Å². The normalized spacial score (nSPS) is 14.3. The summed E-state index contributed by atoms with van der Waals surface area (Å²) in [5.74, 6) is -0.558. The number of cyclic esters (lactones) is 1. The van der Waals surface area contributed by atoms with E-state index in [1.807, 2.05) is 0 Å². The molecule has 4 rings (SSSR count). The van der Waals surface area contributed by atoms with Gasteiger partial charge in [-0.15, -0.1) is 0 Å². The van der Waals surface area contributed by atoms with Crippen molar-refractivity contribution >= 4 is 17.5 Å². The first-order valence-corrected chi connectivity index (χ1v) is 7.78. The summed E-state index contributed by atoms with van der Waals surface area (Å²) in [6.07, 6.45) is 0. The largest absolute Gasteiger partial charge is 0.497 e. The molecule has 132 valence electrons. The summed E-state index contributed by atoms with van der Waals surface area (Å²) in [5, 5.41) is 0. The summed E-state index contributed by atoms with van der Waals surface area (Å²) < 4.78 is 20.9. The Bertz CT molecular complexity index is 1000. The number of esters is 1.